The van der Waals surface area contributed by atoms with Gasteiger partial charge in [0.15, 0.2) is 0 Å². The second kappa shape index (κ2) is 6.42. The minimum Gasteiger partial charge on any atom is -0.375 e. The summed E-state index contributed by atoms with van der Waals surface area (Å²) in [5, 5.41) is 6.27. The Bertz CT molecular complexity index is 228. The number of rotatable bonds is 4. The molecule has 2 aliphatic rings. The van der Waals surface area contributed by atoms with E-state index in [1.807, 2.05) is 0 Å². The van der Waals surface area contributed by atoms with Crippen LogP contribution in [-0.4, -0.2) is 37.7 Å². The topological polar surface area (TPSA) is 50.4 Å². The maximum Gasteiger partial charge on any atom is 0.222 e. The van der Waals surface area contributed by atoms with E-state index in [9.17, 15) is 4.79 Å². The number of halogens is 1. The molecular formula is C11H21ClN2O2. The second-order valence-corrected chi connectivity index (χ2v) is 4.59. The fourth-order valence-corrected chi connectivity index (χ4v) is 1.98. The Balaban J connectivity index is 0.00000128. The van der Waals surface area contributed by atoms with Crippen LogP contribution in [0.25, 0.3) is 0 Å². The van der Waals surface area contributed by atoms with E-state index in [2.05, 4.69) is 17.6 Å². The number of hydrogen-bond donors (Lipinski definition) is 2. The first kappa shape index (κ1) is 13.7. The van der Waals surface area contributed by atoms with Gasteiger partial charge in [-0.2, -0.15) is 0 Å². The fraction of sp³-hybridized carbons (Fsp3) is 0.909. The Kier molecular flexibility index (Phi) is 5.52. The highest BCUT2D eigenvalue weighted by Gasteiger charge is 2.29. The summed E-state index contributed by atoms with van der Waals surface area (Å²) in [7, 11) is 0. The lowest BCUT2D eigenvalue weighted by molar-refractivity contribution is -0.125. The summed E-state index contributed by atoms with van der Waals surface area (Å²) in [4.78, 5) is 11.6. The van der Waals surface area contributed by atoms with Gasteiger partial charge in [0.1, 0.15) is 0 Å². The first-order valence-corrected chi connectivity index (χ1v) is 5.87. The smallest absolute Gasteiger partial charge is 0.222 e. The average Bonchev–Trinajstić information content (AvgIpc) is 3.01. The van der Waals surface area contributed by atoms with Crippen molar-refractivity contribution >= 4 is 18.3 Å². The Morgan fingerprint density at radius 3 is 2.88 bits per heavy atom. The molecule has 16 heavy (non-hydrogen) atoms. The van der Waals surface area contributed by atoms with Gasteiger partial charge in [-0.05, 0) is 25.7 Å². The Morgan fingerprint density at radius 2 is 2.31 bits per heavy atom. The Hall–Kier alpha value is -0.320. The van der Waals surface area contributed by atoms with Crippen LogP contribution in [0.3, 0.4) is 0 Å². The lowest BCUT2D eigenvalue weighted by Gasteiger charge is -2.23. The van der Waals surface area contributed by atoms with Gasteiger partial charge in [-0.15, -0.1) is 12.4 Å². The van der Waals surface area contributed by atoms with E-state index < -0.39 is 0 Å². The standard InChI is InChI=1S/C11H20N2O2.ClH/c1-8(9-2-3-9)13-11(14)6-10-7-12-4-5-15-10;/h8-10,12H,2-7H2,1H3,(H,13,14);1H. The maximum atomic E-state index is 11.6. The van der Waals surface area contributed by atoms with Crippen molar-refractivity contribution < 1.29 is 9.53 Å². The van der Waals surface area contributed by atoms with Crippen molar-refractivity contribution in [3.63, 3.8) is 0 Å². The van der Waals surface area contributed by atoms with E-state index in [0.717, 1.165) is 25.6 Å². The molecule has 0 aromatic rings. The van der Waals surface area contributed by atoms with Crippen molar-refractivity contribution in [2.45, 2.75) is 38.3 Å². The summed E-state index contributed by atoms with van der Waals surface area (Å²) >= 11 is 0. The molecule has 5 heteroatoms. The van der Waals surface area contributed by atoms with Gasteiger partial charge in [-0.25, -0.2) is 0 Å². The zero-order chi connectivity index (χ0) is 10.7. The van der Waals surface area contributed by atoms with Crippen molar-refractivity contribution in [2.24, 2.45) is 5.92 Å². The predicted octanol–water partition coefficient (Wildman–Crippen LogP) is 0.701. The molecule has 1 aliphatic heterocycles. The number of hydrogen-bond acceptors (Lipinski definition) is 3. The molecule has 94 valence electrons. The number of morpholine rings is 1. The molecule has 0 spiro atoms. The highest BCUT2D eigenvalue weighted by atomic mass is 35.5. The zero-order valence-corrected chi connectivity index (χ0v) is 10.5. The maximum absolute atomic E-state index is 11.6. The highest BCUT2D eigenvalue weighted by Crippen LogP contribution is 2.32. The van der Waals surface area contributed by atoms with Crippen LogP contribution >= 0.6 is 12.4 Å². The van der Waals surface area contributed by atoms with E-state index in [1.165, 1.54) is 12.8 Å². The fourth-order valence-electron chi connectivity index (χ4n) is 1.98. The summed E-state index contributed by atoms with van der Waals surface area (Å²) in [6.07, 6.45) is 3.08. The number of carbonyl (C=O) groups excluding carboxylic acids is 1. The van der Waals surface area contributed by atoms with Gasteiger partial charge in [-0.1, -0.05) is 0 Å². The molecule has 1 heterocycles. The van der Waals surface area contributed by atoms with Crippen LogP contribution in [0.2, 0.25) is 0 Å². The summed E-state index contributed by atoms with van der Waals surface area (Å²) in [6, 6.07) is 0.342. The summed E-state index contributed by atoms with van der Waals surface area (Å²) < 4.78 is 5.48. The van der Waals surface area contributed by atoms with Gasteiger partial charge in [0, 0.05) is 19.1 Å². The van der Waals surface area contributed by atoms with E-state index in [-0.39, 0.29) is 24.4 Å². The van der Waals surface area contributed by atoms with Crippen molar-refractivity contribution in [1.29, 1.82) is 0 Å². The first-order valence-electron chi connectivity index (χ1n) is 5.87. The molecule has 2 unspecified atom stereocenters. The van der Waals surface area contributed by atoms with Crippen molar-refractivity contribution in [3.8, 4) is 0 Å². The third-order valence-corrected chi connectivity index (χ3v) is 3.14. The molecule has 1 saturated carbocycles. The molecule has 0 radical (unpaired) electrons. The minimum absolute atomic E-state index is 0. The molecule has 1 aliphatic carbocycles. The molecule has 0 aromatic carbocycles. The van der Waals surface area contributed by atoms with Crippen LogP contribution in [0, 0.1) is 5.92 Å². The van der Waals surface area contributed by atoms with Gasteiger partial charge in [0.05, 0.1) is 19.1 Å². The molecular weight excluding hydrogens is 228 g/mol. The third kappa shape index (κ3) is 4.28. The Morgan fingerprint density at radius 1 is 1.56 bits per heavy atom. The van der Waals surface area contributed by atoms with Gasteiger partial charge in [0.25, 0.3) is 0 Å². The van der Waals surface area contributed by atoms with E-state index in [0.29, 0.717) is 12.5 Å². The van der Waals surface area contributed by atoms with Crippen molar-refractivity contribution in [1.82, 2.24) is 10.6 Å². The first-order chi connectivity index (χ1) is 7.25. The van der Waals surface area contributed by atoms with Gasteiger partial charge < -0.3 is 15.4 Å². The number of amides is 1. The van der Waals surface area contributed by atoms with Crippen molar-refractivity contribution in [3.05, 3.63) is 0 Å². The summed E-state index contributed by atoms with van der Waals surface area (Å²) in [6.45, 7) is 4.51. The molecule has 1 amide bonds. The second-order valence-electron chi connectivity index (χ2n) is 4.59. The van der Waals surface area contributed by atoms with Crippen LogP contribution in [0.5, 0.6) is 0 Å². The monoisotopic (exact) mass is 248 g/mol. The van der Waals surface area contributed by atoms with Crippen molar-refractivity contribution in [2.75, 3.05) is 19.7 Å². The summed E-state index contributed by atoms with van der Waals surface area (Å²) in [5.41, 5.74) is 0. The molecule has 0 bridgehead atoms. The lowest BCUT2D eigenvalue weighted by atomic mass is 10.2. The largest absolute Gasteiger partial charge is 0.375 e. The molecule has 2 N–H and O–H groups in total. The van der Waals surface area contributed by atoms with E-state index in [1.54, 1.807) is 0 Å². The quantitative estimate of drug-likeness (QED) is 0.770. The number of nitrogens with one attached hydrogen (secondary N) is 2. The van der Waals surface area contributed by atoms with E-state index >= 15 is 0 Å². The normalized spacial score (nSPS) is 26.7. The number of ether oxygens (including phenoxy) is 1. The van der Waals surface area contributed by atoms with Gasteiger partial charge in [0.2, 0.25) is 5.91 Å². The minimum atomic E-state index is 0. The molecule has 2 rings (SSSR count). The van der Waals surface area contributed by atoms with Gasteiger partial charge >= 0.3 is 0 Å². The zero-order valence-electron chi connectivity index (χ0n) is 9.70. The Labute approximate surface area is 103 Å². The lowest BCUT2D eigenvalue weighted by Crippen LogP contribution is -2.43. The molecule has 4 nitrogen and oxygen atoms in total. The number of carbonyl (C=O) groups is 1. The summed E-state index contributed by atoms with van der Waals surface area (Å²) in [5.74, 6) is 0.849. The molecule has 0 aromatic heterocycles. The van der Waals surface area contributed by atoms with Crippen LogP contribution in [0.15, 0.2) is 0 Å². The third-order valence-electron chi connectivity index (χ3n) is 3.14. The van der Waals surface area contributed by atoms with Crippen LogP contribution in [0.1, 0.15) is 26.2 Å². The average molecular weight is 249 g/mol. The highest BCUT2D eigenvalue weighted by molar-refractivity contribution is 5.85. The molecule has 2 fully saturated rings. The SMILES string of the molecule is CC(NC(=O)CC1CNCCO1)C1CC1.Cl. The van der Waals surface area contributed by atoms with Crippen LogP contribution < -0.4 is 10.6 Å². The van der Waals surface area contributed by atoms with Gasteiger partial charge in [-0.3, -0.25) is 4.79 Å². The van der Waals surface area contributed by atoms with Crippen LogP contribution in [-0.2, 0) is 9.53 Å². The van der Waals surface area contributed by atoms with Crippen LogP contribution in [0.4, 0.5) is 0 Å². The molecule has 1 saturated heterocycles. The molecule has 2 atom stereocenters. The predicted molar refractivity (Wildman–Crippen MR) is 64.8 cm³/mol. The van der Waals surface area contributed by atoms with E-state index in [4.69, 9.17) is 4.74 Å².